The molecule has 7 heteroatoms. The number of carbonyl (C=O) groups is 1. The third-order valence-corrected chi connectivity index (χ3v) is 6.05. The van der Waals surface area contributed by atoms with E-state index in [0.29, 0.717) is 42.2 Å². The number of aromatic nitrogens is 2. The third-order valence-electron chi connectivity index (χ3n) is 6.05. The van der Waals surface area contributed by atoms with Crippen LogP contribution in [-0.4, -0.2) is 21.5 Å². The number of hydrogen-bond acceptors (Lipinski definition) is 5. The number of ether oxygens (including phenoxy) is 1. The van der Waals surface area contributed by atoms with Crippen LogP contribution in [0, 0.1) is 5.41 Å². The van der Waals surface area contributed by atoms with Crippen molar-refractivity contribution in [3.05, 3.63) is 80.2 Å². The van der Waals surface area contributed by atoms with Crippen molar-refractivity contribution in [2.75, 3.05) is 11.9 Å². The molecule has 7 nitrogen and oxygen atoms in total. The van der Waals surface area contributed by atoms with Crippen molar-refractivity contribution in [1.29, 1.82) is 0 Å². The fourth-order valence-corrected chi connectivity index (χ4v) is 4.66. The fraction of sp³-hybridized carbons (Fsp3) is 0.375. The number of fused-ring (bicyclic) bond motifs is 1. The van der Waals surface area contributed by atoms with E-state index in [4.69, 9.17) is 4.74 Å². The molecule has 2 aromatic rings. The number of benzene rings is 1. The molecule has 0 radical (unpaired) electrons. The molecule has 0 amide bonds. The number of rotatable bonds is 4. The number of allylic oxidation sites excluding steroid dienone is 2. The van der Waals surface area contributed by atoms with Gasteiger partial charge in [0, 0.05) is 37.3 Å². The molecule has 2 heterocycles. The normalized spacial score (nSPS) is 19.4. The second-order valence-corrected chi connectivity index (χ2v) is 9.00. The molecule has 1 aromatic carbocycles. The summed E-state index contributed by atoms with van der Waals surface area (Å²) in [7, 11) is 3.09. The molecule has 0 bridgehead atoms. The zero-order valence-corrected chi connectivity index (χ0v) is 18.3. The second kappa shape index (κ2) is 7.41. The smallest absolute Gasteiger partial charge is 0.332 e. The Hall–Kier alpha value is -3.35. The molecule has 0 fully saturated rings. The van der Waals surface area contributed by atoms with Crippen molar-refractivity contribution in [3.63, 3.8) is 0 Å². The van der Waals surface area contributed by atoms with Crippen molar-refractivity contribution < 1.29 is 9.53 Å². The van der Waals surface area contributed by atoms with Crippen LogP contribution >= 0.6 is 0 Å². The molecule has 1 atom stereocenters. The minimum atomic E-state index is -0.624. The van der Waals surface area contributed by atoms with Gasteiger partial charge in [-0.15, -0.1) is 0 Å². The lowest BCUT2D eigenvalue weighted by atomic mass is 9.69. The molecule has 2 aliphatic rings. The van der Waals surface area contributed by atoms with Gasteiger partial charge in [0.2, 0.25) is 0 Å². The van der Waals surface area contributed by atoms with Crippen molar-refractivity contribution in [3.8, 4) is 5.75 Å². The lowest BCUT2D eigenvalue weighted by molar-refractivity contribution is -0.118. The van der Waals surface area contributed by atoms with E-state index in [-0.39, 0.29) is 11.2 Å². The largest absolute Gasteiger partial charge is 0.489 e. The SMILES string of the molecule is C=CCOc1ccccc1[C@@H]1C2=C(CC(C)(C)CC2=O)Nc2c1c(=O)n(C)c(=O)n2C. The Bertz CT molecular complexity index is 1250. The summed E-state index contributed by atoms with van der Waals surface area (Å²) >= 11 is 0. The van der Waals surface area contributed by atoms with Crippen LogP contribution in [0.5, 0.6) is 5.75 Å². The molecule has 1 aliphatic carbocycles. The molecule has 0 saturated heterocycles. The Morgan fingerprint density at radius 2 is 1.87 bits per heavy atom. The van der Waals surface area contributed by atoms with E-state index in [1.165, 1.54) is 11.6 Å². The number of anilines is 1. The zero-order valence-electron chi connectivity index (χ0n) is 18.3. The third kappa shape index (κ3) is 3.34. The van der Waals surface area contributed by atoms with Gasteiger partial charge in [-0.05, 0) is 17.9 Å². The van der Waals surface area contributed by atoms with Crippen LogP contribution in [0.4, 0.5) is 5.82 Å². The van der Waals surface area contributed by atoms with E-state index >= 15 is 0 Å². The van der Waals surface area contributed by atoms with E-state index in [0.717, 1.165) is 15.8 Å². The summed E-state index contributed by atoms with van der Waals surface area (Å²) in [6.45, 7) is 8.10. The number of carbonyl (C=O) groups excluding carboxylic acids is 1. The first-order valence-electron chi connectivity index (χ1n) is 10.3. The summed E-state index contributed by atoms with van der Waals surface area (Å²) in [5.74, 6) is 0.395. The molecule has 31 heavy (non-hydrogen) atoms. The highest BCUT2D eigenvalue weighted by atomic mass is 16.5. The lowest BCUT2D eigenvalue weighted by Crippen LogP contribution is -2.45. The van der Waals surface area contributed by atoms with Gasteiger partial charge >= 0.3 is 5.69 Å². The topological polar surface area (TPSA) is 82.3 Å². The van der Waals surface area contributed by atoms with E-state index in [1.807, 2.05) is 38.1 Å². The van der Waals surface area contributed by atoms with E-state index in [9.17, 15) is 14.4 Å². The summed E-state index contributed by atoms with van der Waals surface area (Å²) in [5.41, 5.74) is 1.39. The summed E-state index contributed by atoms with van der Waals surface area (Å²) in [6.07, 6.45) is 2.68. The van der Waals surface area contributed by atoms with E-state index in [1.54, 1.807) is 13.1 Å². The predicted octanol–water partition coefficient (Wildman–Crippen LogP) is 2.85. The van der Waals surface area contributed by atoms with Gasteiger partial charge in [0.25, 0.3) is 5.56 Å². The summed E-state index contributed by atoms with van der Waals surface area (Å²) in [5, 5.41) is 3.28. The maximum atomic E-state index is 13.4. The molecule has 162 valence electrons. The molecular weight excluding hydrogens is 394 g/mol. The summed E-state index contributed by atoms with van der Waals surface area (Å²) in [4.78, 5) is 39.3. The van der Waals surface area contributed by atoms with Crippen LogP contribution in [0.3, 0.4) is 0 Å². The number of ketones is 1. The monoisotopic (exact) mass is 421 g/mol. The number of nitrogens with one attached hydrogen (secondary N) is 1. The highest BCUT2D eigenvalue weighted by Crippen LogP contribution is 2.49. The number of nitrogens with zero attached hydrogens (tertiary/aromatic N) is 2. The minimum Gasteiger partial charge on any atom is -0.489 e. The Kier molecular flexibility index (Phi) is 5.00. The highest BCUT2D eigenvalue weighted by molar-refractivity contribution is 6.01. The quantitative estimate of drug-likeness (QED) is 0.768. The Balaban J connectivity index is 2.06. The first-order chi connectivity index (χ1) is 14.7. The van der Waals surface area contributed by atoms with Gasteiger partial charge in [-0.2, -0.15) is 0 Å². The zero-order chi connectivity index (χ0) is 22.5. The molecule has 1 N–H and O–H groups in total. The maximum Gasteiger partial charge on any atom is 0.332 e. The van der Waals surface area contributed by atoms with Gasteiger partial charge in [-0.25, -0.2) is 4.79 Å². The molecule has 4 rings (SSSR count). The fourth-order valence-electron chi connectivity index (χ4n) is 4.66. The second-order valence-electron chi connectivity index (χ2n) is 9.00. The summed E-state index contributed by atoms with van der Waals surface area (Å²) < 4.78 is 8.41. The molecule has 0 saturated carbocycles. The molecule has 0 unspecified atom stereocenters. The standard InChI is InChI=1S/C24H27N3O4/c1-6-11-31-17-10-8-7-9-14(17)18-19-15(12-24(2,3)13-16(19)28)25-21-20(18)22(29)27(5)23(30)26(21)4/h6-10,18,25H,1,11-13H2,2-5H3/t18-/m1/s1. The Morgan fingerprint density at radius 3 is 2.58 bits per heavy atom. The Labute approximate surface area is 180 Å². The van der Waals surface area contributed by atoms with Crippen molar-refractivity contribution >= 4 is 11.6 Å². The van der Waals surface area contributed by atoms with Crippen LogP contribution in [0.1, 0.15) is 43.7 Å². The van der Waals surface area contributed by atoms with Crippen molar-refractivity contribution in [1.82, 2.24) is 9.13 Å². The van der Waals surface area contributed by atoms with Gasteiger partial charge in [0.05, 0.1) is 11.5 Å². The number of para-hydroxylation sites is 1. The van der Waals surface area contributed by atoms with Crippen LogP contribution in [0.2, 0.25) is 0 Å². The average Bonchev–Trinajstić information content (AvgIpc) is 2.72. The van der Waals surface area contributed by atoms with E-state index in [2.05, 4.69) is 11.9 Å². The first-order valence-corrected chi connectivity index (χ1v) is 10.3. The van der Waals surface area contributed by atoms with Crippen LogP contribution in [0.25, 0.3) is 0 Å². The molecular formula is C24H27N3O4. The van der Waals surface area contributed by atoms with Crippen LogP contribution in [0.15, 0.2) is 57.8 Å². The van der Waals surface area contributed by atoms with E-state index < -0.39 is 17.2 Å². The minimum absolute atomic E-state index is 0.00355. The molecule has 1 aliphatic heterocycles. The Morgan fingerprint density at radius 1 is 1.16 bits per heavy atom. The first kappa shape index (κ1) is 20.9. The van der Waals surface area contributed by atoms with Gasteiger partial charge in [-0.1, -0.05) is 44.7 Å². The summed E-state index contributed by atoms with van der Waals surface area (Å²) in [6, 6.07) is 7.41. The van der Waals surface area contributed by atoms with Crippen molar-refractivity contribution in [2.45, 2.75) is 32.6 Å². The van der Waals surface area contributed by atoms with Crippen LogP contribution in [-0.2, 0) is 18.9 Å². The van der Waals surface area contributed by atoms with Gasteiger partial charge in [-0.3, -0.25) is 18.7 Å². The van der Waals surface area contributed by atoms with Gasteiger partial charge in [0.1, 0.15) is 18.2 Å². The maximum absolute atomic E-state index is 13.4. The number of Topliss-reactive ketones (excluding diaryl/α,β-unsaturated/α-hetero) is 1. The predicted molar refractivity (Wildman–Crippen MR) is 120 cm³/mol. The van der Waals surface area contributed by atoms with Crippen LogP contribution < -0.4 is 21.3 Å². The highest BCUT2D eigenvalue weighted by Gasteiger charge is 2.43. The average molecular weight is 421 g/mol. The molecule has 0 spiro atoms. The van der Waals surface area contributed by atoms with Gasteiger partial charge < -0.3 is 10.1 Å². The van der Waals surface area contributed by atoms with Gasteiger partial charge in [0.15, 0.2) is 5.78 Å². The molecule has 1 aromatic heterocycles. The van der Waals surface area contributed by atoms with Crippen molar-refractivity contribution in [2.24, 2.45) is 19.5 Å². The number of hydrogen-bond donors (Lipinski definition) is 1. The lowest BCUT2D eigenvalue weighted by Gasteiger charge is -2.39.